The van der Waals surface area contributed by atoms with Gasteiger partial charge >= 0.3 is 0 Å². The Balaban J connectivity index is 2.22. The summed E-state index contributed by atoms with van der Waals surface area (Å²) in [6, 6.07) is 5.78. The Morgan fingerprint density at radius 2 is 2.19 bits per heavy atom. The Morgan fingerprint density at radius 1 is 1.38 bits per heavy atom. The Hall–Kier alpha value is -1.23. The lowest BCUT2D eigenvalue weighted by atomic mass is 10.2. The number of nitrogens with zero attached hydrogens (tertiary/aromatic N) is 1. The molecule has 1 fully saturated rings. The summed E-state index contributed by atoms with van der Waals surface area (Å²) in [5.41, 5.74) is 7.68. The van der Waals surface area contributed by atoms with E-state index in [1.807, 2.05) is 18.2 Å². The number of nitrogens with two attached hydrogens (primary N) is 1. The van der Waals surface area contributed by atoms with Crippen molar-refractivity contribution in [3.8, 4) is 0 Å². The first-order valence-electron chi connectivity index (χ1n) is 5.23. The largest absolute Gasteiger partial charge is 0.397 e. The monoisotopic (exact) mass is 283 g/mol. The number of carbonyl (C=O) groups is 1. The van der Waals surface area contributed by atoms with Crippen molar-refractivity contribution in [1.29, 1.82) is 0 Å². The van der Waals surface area contributed by atoms with Crippen LogP contribution in [0, 0.1) is 0 Å². The number of halogens is 1. The predicted molar refractivity (Wildman–Crippen MR) is 68.4 cm³/mol. The maximum atomic E-state index is 11.2. The van der Waals surface area contributed by atoms with E-state index in [4.69, 9.17) is 5.73 Å². The number of rotatable bonds is 1. The predicted octanol–water partition coefficient (Wildman–Crippen LogP) is 1.36. The molecule has 2 rings (SSSR count). The van der Waals surface area contributed by atoms with E-state index >= 15 is 0 Å². The SMILES string of the molecule is Nc1ccc(Br)cc1N1CCNC(=O)CC1. The molecule has 3 N–H and O–H groups in total. The lowest BCUT2D eigenvalue weighted by molar-refractivity contribution is -0.120. The Kier molecular flexibility index (Phi) is 3.33. The normalized spacial score (nSPS) is 16.8. The summed E-state index contributed by atoms with van der Waals surface area (Å²) in [6.07, 6.45) is 0.520. The molecule has 0 unspecified atom stereocenters. The molecule has 86 valence electrons. The smallest absolute Gasteiger partial charge is 0.221 e. The molecule has 1 saturated heterocycles. The van der Waals surface area contributed by atoms with Crippen LogP contribution in [-0.2, 0) is 4.79 Å². The molecule has 5 heteroatoms. The Bertz CT molecular complexity index is 408. The van der Waals surface area contributed by atoms with E-state index in [9.17, 15) is 4.79 Å². The van der Waals surface area contributed by atoms with E-state index in [1.54, 1.807) is 0 Å². The highest BCUT2D eigenvalue weighted by Crippen LogP contribution is 2.27. The van der Waals surface area contributed by atoms with Crippen LogP contribution in [0.4, 0.5) is 11.4 Å². The van der Waals surface area contributed by atoms with Crippen LogP contribution in [0.25, 0.3) is 0 Å². The van der Waals surface area contributed by atoms with Crippen LogP contribution < -0.4 is 16.0 Å². The highest BCUT2D eigenvalue weighted by Gasteiger charge is 2.15. The average Bonchev–Trinajstić information content (AvgIpc) is 2.47. The molecule has 16 heavy (non-hydrogen) atoms. The molecule has 0 saturated carbocycles. The van der Waals surface area contributed by atoms with Crippen LogP contribution in [-0.4, -0.2) is 25.5 Å². The van der Waals surface area contributed by atoms with Gasteiger partial charge in [-0.05, 0) is 18.2 Å². The third kappa shape index (κ3) is 2.47. The summed E-state index contributed by atoms with van der Waals surface area (Å²) in [5, 5.41) is 2.85. The molecule has 1 aliphatic rings. The first-order valence-corrected chi connectivity index (χ1v) is 6.03. The van der Waals surface area contributed by atoms with Crippen molar-refractivity contribution in [2.75, 3.05) is 30.3 Å². The van der Waals surface area contributed by atoms with Gasteiger partial charge in [0.1, 0.15) is 0 Å². The van der Waals surface area contributed by atoms with Crippen molar-refractivity contribution in [3.05, 3.63) is 22.7 Å². The van der Waals surface area contributed by atoms with Gasteiger partial charge < -0.3 is 16.0 Å². The number of amides is 1. The molecule has 0 radical (unpaired) electrons. The van der Waals surface area contributed by atoms with Crippen molar-refractivity contribution in [2.24, 2.45) is 0 Å². The molecule has 0 aliphatic carbocycles. The summed E-state index contributed by atoms with van der Waals surface area (Å²) in [5.74, 6) is 0.107. The molecular weight excluding hydrogens is 270 g/mol. The van der Waals surface area contributed by atoms with Gasteiger partial charge in [0.05, 0.1) is 11.4 Å². The summed E-state index contributed by atoms with van der Waals surface area (Å²) in [4.78, 5) is 13.4. The van der Waals surface area contributed by atoms with Gasteiger partial charge in [0, 0.05) is 30.5 Å². The maximum absolute atomic E-state index is 11.2. The molecule has 1 aromatic rings. The van der Waals surface area contributed by atoms with E-state index in [0.717, 1.165) is 22.4 Å². The molecule has 1 heterocycles. The number of carbonyl (C=O) groups excluding carboxylic acids is 1. The molecule has 4 nitrogen and oxygen atoms in total. The Labute approximate surface area is 103 Å². The fourth-order valence-electron chi connectivity index (χ4n) is 1.80. The van der Waals surface area contributed by atoms with Gasteiger partial charge in [0.2, 0.25) is 5.91 Å². The van der Waals surface area contributed by atoms with Gasteiger partial charge in [-0.1, -0.05) is 15.9 Å². The van der Waals surface area contributed by atoms with Gasteiger partial charge in [-0.3, -0.25) is 4.79 Å². The van der Waals surface area contributed by atoms with Gasteiger partial charge in [-0.2, -0.15) is 0 Å². The molecule has 0 spiro atoms. The number of anilines is 2. The number of hydrogen-bond acceptors (Lipinski definition) is 3. The zero-order chi connectivity index (χ0) is 11.5. The fraction of sp³-hybridized carbons (Fsp3) is 0.364. The van der Waals surface area contributed by atoms with Gasteiger partial charge in [0.25, 0.3) is 0 Å². The summed E-state index contributed by atoms with van der Waals surface area (Å²) in [7, 11) is 0. The van der Waals surface area contributed by atoms with E-state index in [1.165, 1.54) is 0 Å². The van der Waals surface area contributed by atoms with Crippen LogP contribution in [0.5, 0.6) is 0 Å². The standard InChI is InChI=1S/C11H14BrN3O/c12-8-1-2-9(13)10(7-8)15-5-3-11(16)14-4-6-15/h1-2,7H,3-6,13H2,(H,14,16). The molecule has 1 aliphatic heterocycles. The van der Waals surface area contributed by atoms with Crippen LogP contribution in [0.3, 0.4) is 0 Å². The van der Waals surface area contributed by atoms with Crippen molar-refractivity contribution in [1.82, 2.24) is 5.32 Å². The second-order valence-corrected chi connectivity index (χ2v) is 4.71. The zero-order valence-corrected chi connectivity index (χ0v) is 10.5. The lowest BCUT2D eigenvalue weighted by Gasteiger charge is -2.23. The van der Waals surface area contributed by atoms with Crippen molar-refractivity contribution >= 4 is 33.2 Å². The number of benzene rings is 1. The quantitative estimate of drug-likeness (QED) is 0.765. The third-order valence-corrected chi connectivity index (χ3v) is 3.14. The first kappa shape index (κ1) is 11.3. The second kappa shape index (κ2) is 4.74. The van der Waals surface area contributed by atoms with Crippen molar-refractivity contribution < 1.29 is 4.79 Å². The van der Waals surface area contributed by atoms with Crippen molar-refractivity contribution in [3.63, 3.8) is 0 Å². The minimum Gasteiger partial charge on any atom is -0.397 e. The molecule has 0 bridgehead atoms. The van der Waals surface area contributed by atoms with E-state index in [-0.39, 0.29) is 5.91 Å². The first-order chi connectivity index (χ1) is 7.66. The molecule has 0 atom stereocenters. The lowest BCUT2D eigenvalue weighted by Crippen LogP contribution is -2.28. The second-order valence-electron chi connectivity index (χ2n) is 3.79. The van der Waals surface area contributed by atoms with Gasteiger partial charge in [-0.15, -0.1) is 0 Å². The van der Waals surface area contributed by atoms with Crippen LogP contribution >= 0.6 is 15.9 Å². The topological polar surface area (TPSA) is 58.4 Å². The minimum atomic E-state index is 0.107. The molecule has 1 aromatic carbocycles. The fourth-order valence-corrected chi connectivity index (χ4v) is 2.15. The number of hydrogen-bond donors (Lipinski definition) is 2. The van der Waals surface area contributed by atoms with Crippen LogP contribution in [0.15, 0.2) is 22.7 Å². The summed E-state index contributed by atoms with van der Waals surface area (Å²) in [6.45, 7) is 2.18. The van der Waals surface area contributed by atoms with E-state index in [0.29, 0.717) is 19.5 Å². The third-order valence-electron chi connectivity index (χ3n) is 2.65. The maximum Gasteiger partial charge on any atom is 0.221 e. The van der Waals surface area contributed by atoms with E-state index in [2.05, 4.69) is 26.1 Å². The number of nitrogen functional groups attached to an aromatic ring is 1. The van der Waals surface area contributed by atoms with E-state index < -0.39 is 0 Å². The van der Waals surface area contributed by atoms with Crippen LogP contribution in [0.2, 0.25) is 0 Å². The van der Waals surface area contributed by atoms with Gasteiger partial charge in [0.15, 0.2) is 0 Å². The van der Waals surface area contributed by atoms with Crippen LogP contribution in [0.1, 0.15) is 6.42 Å². The highest BCUT2D eigenvalue weighted by molar-refractivity contribution is 9.10. The average molecular weight is 284 g/mol. The molecule has 0 aromatic heterocycles. The summed E-state index contributed by atoms with van der Waals surface area (Å²) < 4.78 is 1.00. The summed E-state index contributed by atoms with van der Waals surface area (Å²) >= 11 is 3.43. The zero-order valence-electron chi connectivity index (χ0n) is 8.87. The van der Waals surface area contributed by atoms with Gasteiger partial charge in [-0.25, -0.2) is 0 Å². The molecular formula is C11H14BrN3O. The minimum absolute atomic E-state index is 0.107. The number of nitrogens with one attached hydrogen (secondary N) is 1. The molecule has 1 amide bonds. The highest BCUT2D eigenvalue weighted by atomic mass is 79.9. The Morgan fingerprint density at radius 3 is 3.00 bits per heavy atom. The van der Waals surface area contributed by atoms with Crippen molar-refractivity contribution in [2.45, 2.75) is 6.42 Å².